The van der Waals surface area contributed by atoms with E-state index in [-0.39, 0.29) is 6.79 Å². The maximum Gasteiger partial charge on any atom is 0.231 e. The molecule has 0 bridgehead atoms. The van der Waals surface area contributed by atoms with E-state index in [9.17, 15) is 0 Å². The van der Waals surface area contributed by atoms with Crippen molar-refractivity contribution in [3.8, 4) is 17.2 Å². The highest BCUT2D eigenvalue weighted by atomic mass is 16.7. The van der Waals surface area contributed by atoms with E-state index in [4.69, 9.17) is 20.1 Å². The maximum absolute atomic E-state index is 5.68. The molecule has 2 aromatic rings. The molecular weight excluding hydrogens is 246 g/mol. The second kappa shape index (κ2) is 5.03. The Morgan fingerprint density at radius 3 is 3.00 bits per heavy atom. The number of hydrogen-bond donors (Lipinski definition) is 2. The predicted octanol–water partition coefficient (Wildman–Crippen LogP) is 1.67. The van der Waals surface area contributed by atoms with Gasteiger partial charge in [-0.15, -0.1) is 0 Å². The van der Waals surface area contributed by atoms with Crippen LogP contribution in [0.2, 0.25) is 0 Å². The number of fused-ring (bicyclic) bond motifs is 1. The zero-order valence-corrected chi connectivity index (χ0v) is 10.1. The third-order valence-corrected chi connectivity index (χ3v) is 2.72. The third-order valence-electron chi connectivity index (χ3n) is 2.72. The second-order valence-electron chi connectivity index (χ2n) is 4.00. The fraction of sp³-hybridized carbons (Fsp3) is 0.154. The number of benzene rings is 1. The number of pyridine rings is 1. The first-order valence-corrected chi connectivity index (χ1v) is 5.79. The number of hydrazine groups is 1. The van der Waals surface area contributed by atoms with Gasteiger partial charge >= 0.3 is 0 Å². The molecule has 2 heterocycles. The van der Waals surface area contributed by atoms with Crippen molar-refractivity contribution in [2.24, 2.45) is 5.84 Å². The van der Waals surface area contributed by atoms with Gasteiger partial charge in [0.1, 0.15) is 18.2 Å². The van der Waals surface area contributed by atoms with Crippen LogP contribution in [0.25, 0.3) is 0 Å². The molecule has 0 amide bonds. The standard InChI is InChI=1S/C13H13N3O3/c14-16-13-5-9(3-4-15-13)7-17-10-1-2-11-12(6-10)19-8-18-11/h1-6H,7-8,14H2,(H,15,16). The van der Waals surface area contributed by atoms with Gasteiger partial charge in [-0.05, 0) is 29.8 Å². The smallest absolute Gasteiger partial charge is 0.231 e. The predicted molar refractivity (Wildman–Crippen MR) is 68.9 cm³/mol. The lowest BCUT2D eigenvalue weighted by molar-refractivity contribution is 0.173. The molecule has 1 aromatic heterocycles. The summed E-state index contributed by atoms with van der Waals surface area (Å²) in [6.45, 7) is 0.686. The van der Waals surface area contributed by atoms with Gasteiger partial charge in [0, 0.05) is 12.3 Å². The van der Waals surface area contributed by atoms with Crippen LogP contribution in [0, 0.1) is 0 Å². The normalized spacial score (nSPS) is 12.3. The minimum atomic E-state index is 0.259. The highest BCUT2D eigenvalue weighted by Crippen LogP contribution is 2.35. The van der Waals surface area contributed by atoms with Crippen molar-refractivity contribution >= 4 is 5.82 Å². The van der Waals surface area contributed by atoms with E-state index in [1.54, 1.807) is 6.20 Å². The Morgan fingerprint density at radius 1 is 1.21 bits per heavy atom. The molecule has 0 fully saturated rings. The molecule has 1 aromatic carbocycles. The molecule has 98 valence electrons. The van der Waals surface area contributed by atoms with E-state index in [1.165, 1.54) is 0 Å². The fourth-order valence-corrected chi connectivity index (χ4v) is 1.78. The summed E-state index contributed by atoms with van der Waals surface area (Å²) in [6.07, 6.45) is 1.67. The average Bonchev–Trinajstić information content (AvgIpc) is 2.93. The number of anilines is 1. The first-order chi connectivity index (χ1) is 9.35. The van der Waals surface area contributed by atoms with Gasteiger partial charge < -0.3 is 19.6 Å². The monoisotopic (exact) mass is 259 g/mol. The van der Waals surface area contributed by atoms with Crippen LogP contribution in [0.15, 0.2) is 36.5 Å². The summed E-state index contributed by atoms with van der Waals surface area (Å²) in [4.78, 5) is 4.03. The number of hydrogen-bond acceptors (Lipinski definition) is 6. The number of nitrogens with one attached hydrogen (secondary N) is 1. The summed E-state index contributed by atoms with van der Waals surface area (Å²) < 4.78 is 16.2. The molecule has 3 N–H and O–H groups in total. The molecule has 0 saturated carbocycles. The van der Waals surface area contributed by atoms with Crippen LogP contribution in [0.1, 0.15) is 5.56 Å². The molecule has 0 radical (unpaired) electrons. The quantitative estimate of drug-likeness (QED) is 0.642. The third kappa shape index (κ3) is 2.53. The molecule has 0 unspecified atom stereocenters. The summed E-state index contributed by atoms with van der Waals surface area (Å²) in [5.74, 6) is 8.08. The number of rotatable bonds is 4. The lowest BCUT2D eigenvalue weighted by Gasteiger charge is -2.08. The van der Waals surface area contributed by atoms with E-state index in [1.807, 2.05) is 30.3 Å². The number of nitrogens with two attached hydrogens (primary N) is 1. The van der Waals surface area contributed by atoms with Gasteiger partial charge in [-0.1, -0.05) is 0 Å². The average molecular weight is 259 g/mol. The Kier molecular flexibility index (Phi) is 3.07. The van der Waals surface area contributed by atoms with Gasteiger partial charge in [-0.25, -0.2) is 10.8 Å². The van der Waals surface area contributed by atoms with E-state index >= 15 is 0 Å². The van der Waals surface area contributed by atoms with Crippen LogP contribution in [-0.2, 0) is 6.61 Å². The van der Waals surface area contributed by atoms with Crippen LogP contribution >= 0.6 is 0 Å². The molecule has 19 heavy (non-hydrogen) atoms. The van der Waals surface area contributed by atoms with Crippen molar-refractivity contribution in [1.82, 2.24) is 4.98 Å². The number of ether oxygens (including phenoxy) is 3. The summed E-state index contributed by atoms with van der Waals surface area (Å²) in [6, 6.07) is 9.18. The van der Waals surface area contributed by atoms with Crippen LogP contribution in [0.5, 0.6) is 17.2 Å². The Morgan fingerprint density at radius 2 is 2.11 bits per heavy atom. The largest absolute Gasteiger partial charge is 0.489 e. The fourth-order valence-electron chi connectivity index (χ4n) is 1.78. The van der Waals surface area contributed by atoms with Crippen molar-refractivity contribution in [3.05, 3.63) is 42.1 Å². The minimum absolute atomic E-state index is 0.259. The molecule has 6 heteroatoms. The SMILES string of the molecule is NNc1cc(COc2ccc3c(c2)OCO3)ccn1. The summed E-state index contributed by atoms with van der Waals surface area (Å²) in [7, 11) is 0. The van der Waals surface area contributed by atoms with Crippen LogP contribution in [0.4, 0.5) is 5.82 Å². The van der Waals surface area contributed by atoms with Gasteiger partial charge in [-0.2, -0.15) is 0 Å². The Hall–Kier alpha value is -2.47. The first kappa shape index (κ1) is 11.6. The van der Waals surface area contributed by atoms with Crippen LogP contribution < -0.4 is 25.5 Å². The van der Waals surface area contributed by atoms with Crippen LogP contribution in [-0.4, -0.2) is 11.8 Å². The first-order valence-electron chi connectivity index (χ1n) is 5.79. The zero-order valence-electron chi connectivity index (χ0n) is 10.1. The lowest BCUT2D eigenvalue weighted by Crippen LogP contribution is -2.09. The van der Waals surface area contributed by atoms with Gasteiger partial charge in [-0.3, -0.25) is 0 Å². The lowest BCUT2D eigenvalue weighted by atomic mass is 10.2. The topological polar surface area (TPSA) is 78.6 Å². The molecule has 0 atom stereocenters. The molecule has 6 nitrogen and oxygen atoms in total. The minimum Gasteiger partial charge on any atom is -0.489 e. The highest BCUT2D eigenvalue weighted by Gasteiger charge is 2.13. The molecule has 0 spiro atoms. The van der Waals surface area contributed by atoms with E-state index in [2.05, 4.69) is 10.4 Å². The molecular formula is C13H13N3O3. The van der Waals surface area contributed by atoms with E-state index < -0.39 is 0 Å². The van der Waals surface area contributed by atoms with Crippen molar-refractivity contribution in [2.45, 2.75) is 6.61 Å². The van der Waals surface area contributed by atoms with E-state index in [0.29, 0.717) is 18.2 Å². The van der Waals surface area contributed by atoms with Gasteiger partial charge in [0.2, 0.25) is 6.79 Å². The van der Waals surface area contributed by atoms with Gasteiger partial charge in [0.05, 0.1) is 0 Å². The Labute approximate surface area is 110 Å². The molecule has 0 saturated heterocycles. The summed E-state index contributed by atoms with van der Waals surface area (Å²) in [5.41, 5.74) is 3.47. The Balaban J connectivity index is 1.68. The number of nitrogens with zero attached hydrogens (tertiary/aromatic N) is 1. The van der Waals surface area contributed by atoms with Crippen molar-refractivity contribution in [1.29, 1.82) is 0 Å². The second-order valence-corrected chi connectivity index (χ2v) is 4.00. The highest BCUT2D eigenvalue weighted by molar-refractivity contribution is 5.47. The molecule has 1 aliphatic rings. The summed E-state index contributed by atoms with van der Waals surface area (Å²) in [5, 5.41) is 0. The number of aromatic nitrogens is 1. The van der Waals surface area contributed by atoms with Gasteiger partial charge in [0.15, 0.2) is 11.5 Å². The summed E-state index contributed by atoms with van der Waals surface area (Å²) >= 11 is 0. The molecule has 0 aliphatic carbocycles. The maximum atomic E-state index is 5.68. The molecule has 1 aliphatic heterocycles. The van der Waals surface area contributed by atoms with Crippen molar-refractivity contribution in [2.75, 3.05) is 12.2 Å². The Bertz CT molecular complexity index is 589. The molecule has 3 rings (SSSR count). The van der Waals surface area contributed by atoms with Crippen molar-refractivity contribution < 1.29 is 14.2 Å². The van der Waals surface area contributed by atoms with Crippen LogP contribution in [0.3, 0.4) is 0 Å². The van der Waals surface area contributed by atoms with Crippen molar-refractivity contribution in [3.63, 3.8) is 0 Å². The zero-order chi connectivity index (χ0) is 13.1. The van der Waals surface area contributed by atoms with Gasteiger partial charge in [0.25, 0.3) is 0 Å². The number of nitrogen functional groups attached to an aromatic ring is 1. The van der Waals surface area contributed by atoms with E-state index in [0.717, 1.165) is 17.1 Å².